The van der Waals surface area contributed by atoms with Crippen molar-refractivity contribution in [3.8, 4) is 5.88 Å². The maximum absolute atomic E-state index is 5.76. The largest absolute Gasteiger partial charge is 0.474 e. The zero-order chi connectivity index (χ0) is 9.97. The van der Waals surface area contributed by atoms with Gasteiger partial charge in [0.25, 0.3) is 0 Å². The van der Waals surface area contributed by atoms with Crippen molar-refractivity contribution >= 4 is 17.3 Å². The van der Waals surface area contributed by atoms with E-state index in [-0.39, 0.29) is 0 Å². The summed E-state index contributed by atoms with van der Waals surface area (Å²) >= 11 is 5.76. The smallest absolute Gasteiger partial charge is 0.217 e. The second-order valence-corrected chi connectivity index (χ2v) is 3.97. The van der Waals surface area contributed by atoms with Crippen molar-refractivity contribution in [1.82, 2.24) is 4.98 Å². The van der Waals surface area contributed by atoms with Gasteiger partial charge in [-0.1, -0.05) is 11.6 Å². The molecule has 0 unspecified atom stereocenters. The molecule has 0 bridgehead atoms. The number of ether oxygens (including phenoxy) is 1. The van der Waals surface area contributed by atoms with Gasteiger partial charge in [0.15, 0.2) is 0 Å². The summed E-state index contributed by atoms with van der Waals surface area (Å²) in [6, 6.07) is 3.33. The predicted molar refractivity (Wildman–Crippen MR) is 56.5 cm³/mol. The summed E-state index contributed by atoms with van der Waals surface area (Å²) < 4.78 is 5.66. The van der Waals surface area contributed by atoms with Crippen LogP contribution in [0.4, 0.5) is 5.69 Å². The Balaban J connectivity index is 2.07. The average Bonchev–Trinajstić information content (AvgIpc) is 2.54. The Morgan fingerprint density at radius 3 is 2.71 bits per heavy atom. The second-order valence-electron chi connectivity index (χ2n) is 3.59. The molecule has 0 spiro atoms. The van der Waals surface area contributed by atoms with Gasteiger partial charge in [-0.25, -0.2) is 4.98 Å². The lowest BCUT2D eigenvalue weighted by molar-refractivity contribution is 0.201. The fraction of sp³-hybridized carbons (Fsp3) is 0.500. The van der Waals surface area contributed by atoms with Crippen molar-refractivity contribution in [3.63, 3.8) is 0 Å². The summed E-state index contributed by atoms with van der Waals surface area (Å²) in [6.07, 6.45) is 4.98. The number of hydrogen-bond donors (Lipinski definition) is 1. The first-order chi connectivity index (χ1) is 6.74. The number of hydrogen-bond acceptors (Lipinski definition) is 3. The van der Waals surface area contributed by atoms with Crippen LogP contribution in [0.25, 0.3) is 0 Å². The molecule has 0 saturated heterocycles. The van der Waals surface area contributed by atoms with Gasteiger partial charge in [0.2, 0.25) is 5.88 Å². The molecule has 1 fully saturated rings. The highest BCUT2D eigenvalue weighted by Gasteiger charge is 2.17. The zero-order valence-corrected chi connectivity index (χ0v) is 8.63. The van der Waals surface area contributed by atoms with Gasteiger partial charge >= 0.3 is 0 Å². The molecule has 0 aliphatic heterocycles. The highest BCUT2D eigenvalue weighted by Crippen LogP contribution is 2.25. The molecule has 76 valence electrons. The van der Waals surface area contributed by atoms with Crippen LogP contribution in [0.2, 0.25) is 5.15 Å². The van der Waals surface area contributed by atoms with Crippen LogP contribution in [0.5, 0.6) is 5.88 Å². The molecule has 2 rings (SSSR count). The summed E-state index contributed by atoms with van der Waals surface area (Å²) in [6.45, 7) is 0. The van der Waals surface area contributed by atoms with Gasteiger partial charge in [0.05, 0.1) is 0 Å². The molecule has 1 aromatic heterocycles. The van der Waals surface area contributed by atoms with Crippen LogP contribution in [0.15, 0.2) is 12.1 Å². The van der Waals surface area contributed by atoms with Crippen molar-refractivity contribution in [3.05, 3.63) is 17.3 Å². The predicted octanol–water partition coefficient (Wildman–Crippen LogP) is 2.64. The Bertz CT molecular complexity index is 304. The Labute approximate surface area is 88.2 Å². The number of aromatic nitrogens is 1. The Kier molecular flexibility index (Phi) is 2.77. The van der Waals surface area contributed by atoms with E-state index >= 15 is 0 Å². The van der Waals surface area contributed by atoms with Gasteiger partial charge in [-0.2, -0.15) is 0 Å². The van der Waals surface area contributed by atoms with Crippen LogP contribution in [-0.2, 0) is 0 Å². The number of nitrogens with two attached hydrogens (primary N) is 1. The summed E-state index contributed by atoms with van der Waals surface area (Å²) in [5.41, 5.74) is 6.22. The zero-order valence-electron chi connectivity index (χ0n) is 7.87. The number of halogens is 1. The maximum atomic E-state index is 5.76. The average molecular weight is 213 g/mol. The molecule has 3 nitrogen and oxygen atoms in total. The van der Waals surface area contributed by atoms with E-state index in [9.17, 15) is 0 Å². The second kappa shape index (κ2) is 4.05. The van der Waals surface area contributed by atoms with Crippen LogP contribution in [0.3, 0.4) is 0 Å². The molecular formula is C10H13ClN2O. The fourth-order valence-electron chi connectivity index (χ4n) is 1.73. The van der Waals surface area contributed by atoms with E-state index in [1.165, 1.54) is 12.8 Å². The van der Waals surface area contributed by atoms with Crippen molar-refractivity contribution in [2.75, 3.05) is 5.73 Å². The van der Waals surface area contributed by atoms with E-state index in [4.69, 9.17) is 22.1 Å². The maximum Gasteiger partial charge on any atom is 0.217 e. The summed E-state index contributed by atoms with van der Waals surface area (Å²) in [7, 11) is 0. The molecule has 0 radical (unpaired) electrons. The van der Waals surface area contributed by atoms with Gasteiger partial charge in [-0.3, -0.25) is 0 Å². The van der Waals surface area contributed by atoms with Crippen molar-refractivity contribution < 1.29 is 4.74 Å². The Hall–Kier alpha value is -0.960. The van der Waals surface area contributed by atoms with Crippen molar-refractivity contribution in [2.24, 2.45) is 0 Å². The van der Waals surface area contributed by atoms with E-state index in [0.717, 1.165) is 12.8 Å². The third kappa shape index (κ3) is 2.29. The van der Waals surface area contributed by atoms with Gasteiger partial charge in [0, 0.05) is 11.8 Å². The molecule has 1 saturated carbocycles. The lowest BCUT2D eigenvalue weighted by atomic mass is 10.3. The minimum absolute atomic E-state index is 0.292. The van der Waals surface area contributed by atoms with E-state index in [0.29, 0.717) is 22.8 Å². The quantitative estimate of drug-likeness (QED) is 0.767. The van der Waals surface area contributed by atoms with Crippen molar-refractivity contribution in [2.45, 2.75) is 31.8 Å². The van der Waals surface area contributed by atoms with Crippen LogP contribution in [-0.4, -0.2) is 11.1 Å². The molecular weight excluding hydrogens is 200 g/mol. The first kappa shape index (κ1) is 9.59. The normalized spacial score (nSPS) is 17.2. The van der Waals surface area contributed by atoms with Crippen LogP contribution in [0.1, 0.15) is 25.7 Å². The van der Waals surface area contributed by atoms with Gasteiger partial charge in [-0.05, 0) is 31.7 Å². The van der Waals surface area contributed by atoms with E-state index in [2.05, 4.69) is 4.98 Å². The molecule has 1 aliphatic rings. The summed E-state index contributed by atoms with van der Waals surface area (Å²) in [5, 5.41) is 0.387. The third-order valence-corrected chi connectivity index (χ3v) is 2.58. The van der Waals surface area contributed by atoms with Crippen LogP contribution < -0.4 is 10.5 Å². The Morgan fingerprint density at radius 2 is 2.07 bits per heavy atom. The summed E-state index contributed by atoms with van der Waals surface area (Å²) in [5.74, 6) is 0.543. The van der Waals surface area contributed by atoms with Crippen LogP contribution >= 0.6 is 11.6 Å². The lowest BCUT2D eigenvalue weighted by Gasteiger charge is -2.12. The molecule has 4 heteroatoms. The summed E-state index contributed by atoms with van der Waals surface area (Å²) in [4.78, 5) is 4.06. The van der Waals surface area contributed by atoms with E-state index < -0.39 is 0 Å². The Morgan fingerprint density at radius 1 is 1.36 bits per heavy atom. The molecule has 0 atom stereocenters. The molecule has 0 amide bonds. The first-order valence-electron chi connectivity index (χ1n) is 4.84. The van der Waals surface area contributed by atoms with Crippen molar-refractivity contribution in [1.29, 1.82) is 0 Å². The SMILES string of the molecule is Nc1cc(Cl)nc(OC2CCCC2)c1. The molecule has 1 heterocycles. The molecule has 2 N–H and O–H groups in total. The first-order valence-corrected chi connectivity index (χ1v) is 5.21. The van der Waals surface area contributed by atoms with Gasteiger partial charge in [0.1, 0.15) is 11.3 Å². The highest BCUT2D eigenvalue weighted by molar-refractivity contribution is 6.29. The number of rotatable bonds is 2. The molecule has 14 heavy (non-hydrogen) atoms. The van der Waals surface area contributed by atoms with Gasteiger partial charge < -0.3 is 10.5 Å². The molecule has 1 aromatic rings. The number of nitrogens with zero attached hydrogens (tertiary/aromatic N) is 1. The topological polar surface area (TPSA) is 48.1 Å². The highest BCUT2D eigenvalue weighted by atomic mass is 35.5. The van der Waals surface area contributed by atoms with E-state index in [1.807, 2.05) is 0 Å². The van der Waals surface area contributed by atoms with E-state index in [1.54, 1.807) is 12.1 Å². The lowest BCUT2D eigenvalue weighted by Crippen LogP contribution is -2.12. The minimum atomic E-state index is 0.292. The standard InChI is InChI=1S/C10H13ClN2O/c11-9-5-7(12)6-10(13-9)14-8-3-1-2-4-8/h5-6,8H,1-4H2,(H2,12,13). The monoisotopic (exact) mass is 212 g/mol. The van der Waals surface area contributed by atoms with Crippen LogP contribution in [0, 0.1) is 0 Å². The molecule has 0 aromatic carbocycles. The number of pyridine rings is 1. The fourth-order valence-corrected chi connectivity index (χ4v) is 1.94. The third-order valence-electron chi connectivity index (χ3n) is 2.38. The van der Waals surface area contributed by atoms with Gasteiger partial charge in [-0.15, -0.1) is 0 Å². The number of anilines is 1. The number of nitrogen functional groups attached to an aromatic ring is 1. The molecule has 1 aliphatic carbocycles. The minimum Gasteiger partial charge on any atom is -0.474 e.